The fourth-order valence-corrected chi connectivity index (χ4v) is 4.48. The van der Waals surface area contributed by atoms with Gasteiger partial charge >= 0.3 is 0 Å². The van der Waals surface area contributed by atoms with Crippen LogP contribution in [0.2, 0.25) is 0 Å². The Balaban J connectivity index is 1.45. The van der Waals surface area contributed by atoms with E-state index in [1.807, 2.05) is 30.1 Å². The zero-order chi connectivity index (χ0) is 21.8. The van der Waals surface area contributed by atoms with Crippen LogP contribution in [0.5, 0.6) is 0 Å². The minimum Gasteiger partial charge on any atom is -0.378 e. The maximum Gasteiger partial charge on any atom is 0.225 e. The van der Waals surface area contributed by atoms with Crippen molar-refractivity contribution in [2.75, 3.05) is 38.7 Å². The average Bonchev–Trinajstić information content (AvgIpc) is 3.31. The SMILES string of the molecule is CN(C)c1ncc(-c2ccc(F)cc2)c(C2CCN(C(=O)CCC3CCCO3)CC2)n1. The highest BCUT2D eigenvalue weighted by Crippen LogP contribution is 2.35. The Bertz CT molecular complexity index is 889. The van der Waals surface area contributed by atoms with Gasteiger partial charge in [0.25, 0.3) is 0 Å². The largest absolute Gasteiger partial charge is 0.378 e. The third kappa shape index (κ3) is 5.21. The number of rotatable bonds is 6. The lowest BCUT2D eigenvalue weighted by atomic mass is 9.88. The summed E-state index contributed by atoms with van der Waals surface area (Å²) in [4.78, 5) is 25.9. The Kier molecular flexibility index (Phi) is 6.80. The molecule has 0 radical (unpaired) electrons. The van der Waals surface area contributed by atoms with Crippen LogP contribution in [-0.4, -0.2) is 60.7 Å². The Labute approximate surface area is 183 Å². The smallest absolute Gasteiger partial charge is 0.225 e. The summed E-state index contributed by atoms with van der Waals surface area (Å²) in [6.45, 7) is 2.30. The molecule has 0 saturated carbocycles. The van der Waals surface area contributed by atoms with Crippen LogP contribution in [0.15, 0.2) is 30.5 Å². The molecule has 0 N–H and O–H groups in total. The van der Waals surface area contributed by atoms with Crippen LogP contribution in [0.25, 0.3) is 11.1 Å². The molecule has 2 aliphatic rings. The minimum absolute atomic E-state index is 0.226. The molecule has 1 aromatic carbocycles. The van der Waals surface area contributed by atoms with Gasteiger partial charge in [0.2, 0.25) is 11.9 Å². The highest BCUT2D eigenvalue weighted by Gasteiger charge is 2.28. The van der Waals surface area contributed by atoms with Crippen molar-refractivity contribution in [3.63, 3.8) is 0 Å². The highest BCUT2D eigenvalue weighted by atomic mass is 19.1. The van der Waals surface area contributed by atoms with E-state index in [1.165, 1.54) is 12.1 Å². The number of hydrogen-bond acceptors (Lipinski definition) is 5. The number of hydrogen-bond donors (Lipinski definition) is 0. The molecule has 2 saturated heterocycles. The predicted molar refractivity (Wildman–Crippen MR) is 119 cm³/mol. The second-order valence-electron chi connectivity index (χ2n) is 8.70. The van der Waals surface area contributed by atoms with Gasteiger partial charge in [0.05, 0.1) is 11.8 Å². The van der Waals surface area contributed by atoms with E-state index in [-0.39, 0.29) is 23.7 Å². The fourth-order valence-electron chi connectivity index (χ4n) is 4.48. The van der Waals surface area contributed by atoms with Crippen LogP contribution in [0.4, 0.5) is 10.3 Å². The number of likely N-dealkylation sites (tertiary alicyclic amines) is 1. The Morgan fingerprint density at radius 2 is 1.94 bits per heavy atom. The molecule has 3 heterocycles. The number of halogens is 1. The number of nitrogens with zero attached hydrogens (tertiary/aromatic N) is 4. The summed E-state index contributed by atoms with van der Waals surface area (Å²) in [5.74, 6) is 0.871. The molecule has 0 bridgehead atoms. The number of piperidine rings is 1. The summed E-state index contributed by atoms with van der Waals surface area (Å²) in [6, 6.07) is 6.48. The molecule has 31 heavy (non-hydrogen) atoms. The molecule has 1 amide bonds. The van der Waals surface area contributed by atoms with E-state index >= 15 is 0 Å². The number of aromatic nitrogens is 2. The number of carbonyl (C=O) groups is 1. The number of ether oxygens (including phenoxy) is 1. The van der Waals surface area contributed by atoms with Crippen LogP contribution in [0.3, 0.4) is 0 Å². The Morgan fingerprint density at radius 1 is 1.19 bits per heavy atom. The second-order valence-corrected chi connectivity index (χ2v) is 8.70. The van der Waals surface area contributed by atoms with Gasteiger partial charge in [-0.1, -0.05) is 12.1 Å². The van der Waals surface area contributed by atoms with Crippen molar-refractivity contribution in [2.24, 2.45) is 0 Å². The Morgan fingerprint density at radius 3 is 2.58 bits per heavy atom. The molecule has 1 atom stereocenters. The van der Waals surface area contributed by atoms with Gasteiger partial charge in [-0.05, 0) is 49.8 Å². The monoisotopic (exact) mass is 426 g/mol. The number of amides is 1. The molecule has 1 unspecified atom stereocenters. The summed E-state index contributed by atoms with van der Waals surface area (Å²) < 4.78 is 19.1. The summed E-state index contributed by atoms with van der Waals surface area (Å²) in [6.07, 6.45) is 7.39. The van der Waals surface area contributed by atoms with Crippen molar-refractivity contribution in [3.8, 4) is 11.1 Å². The zero-order valence-corrected chi connectivity index (χ0v) is 18.4. The zero-order valence-electron chi connectivity index (χ0n) is 18.4. The first-order chi connectivity index (χ1) is 15.0. The number of carbonyl (C=O) groups excluding carboxylic acids is 1. The minimum atomic E-state index is -0.258. The molecule has 7 heteroatoms. The van der Waals surface area contributed by atoms with Crippen molar-refractivity contribution in [1.29, 1.82) is 0 Å². The maximum absolute atomic E-state index is 13.4. The normalized spacial score (nSPS) is 19.6. The first-order valence-electron chi connectivity index (χ1n) is 11.2. The van der Waals surface area contributed by atoms with Gasteiger partial charge in [-0.25, -0.2) is 14.4 Å². The van der Waals surface area contributed by atoms with Crippen LogP contribution >= 0.6 is 0 Å². The topological polar surface area (TPSA) is 58.6 Å². The molecular weight excluding hydrogens is 395 g/mol. The van der Waals surface area contributed by atoms with E-state index < -0.39 is 0 Å². The highest BCUT2D eigenvalue weighted by molar-refractivity contribution is 5.76. The molecule has 2 aromatic rings. The summed E-state index contributed by atoms with van der Waals surface area (Å²) in [7, 11) is 3.85. The lowest BCUT2D eigenvalue weighted by molar-refractivity contribution is -0.132. The lowest BCUT2D eigenvalue weighted by Crippen LogP contribution is -2.38. The summed E-state index contributed by atoms with van der Waals surface area (Å²) in [5, 5.41) is 0. The third-order valence-electron chi connectivity index (χ3n) is 6.30. The van der Waals surface area contributed by atoms with Crippen molar-refractivity contribution in [3.05, 3.63) is 42.0 Å². The van der Waals surface area contributed by atoms with Crippen LogP contribution in [-0.2, 0) is 9.53 Å². The predicted octanol–water partition coefficient (Wildman–Crippen LogP) is 4.01. The molecule has 2 fully saturated rings. The third-order valence-corrected chi connectivity index (χ3v) is 6.30. The molecule has 2 aliphatic heterocycles. The quantitative estimate of drug-likeness (QED) is 0.698. The van der Waals surface area contributed by atoms with Gasteiger partial charge in [-0.3, -0.25) is 4.79 Å². The van der Waals surface area contributed by atoms with E-state index in [0.29, 0.717) is 12.4 Å². The van der Waals surface area contributed by atoms with Crippen LogP contribution in [0.1, 0.15) is 50.1 Å². The number of anilines is 1. The van der Waals surface area contributed by atoms with E-state index in [1.54, 1.807) is 12.1 Å². The van der Waals surface area contributed by atoms with Crippen molar-refractivity contribution in [2.45, 2.75) is 50.5 Å². The van der Waals surface area contributed by atoms with Crippen molar-refractivity contribution in [1.82, 2.24) is 14.9 Å². The summed E-state index contributed by atoms with van der Waals surface area (Å²) in [5.41, 5.74) is 2.84. The van der Waals surface area contributed by atoms with Gasteiger partial charge < -0.3 is 14.5 Å². The number of benzene rings is 1. The lowest BCUT2D eigenvalue weighted by Gasteiger charge is -2.33. The summed E-state index contributed by atoms with van der Waals surface area (Å²) >= 11 is 0. The van der Waals surface area contributed by atoms with Crippen LogP contribution in [0, 0.1) is 5.82 Å². The standard InChI is InChI=1S/C24H31FN4O2/c1-28(2)24-26-16-21(17-5-7-19(25)8-6-17)23(27-24)18-11-13-29(14-12-18)22(30)10-9-20-4-3-15-31-20/h5-8,16,18,20H,3-4,9-15H2,1-2H3. The molecule has 166 valence electrons. The maximum atomic E-state index is 13.4. The van der Waals surface area contributed by atoms with E-state index in [2.05, 4.69) is 4.98 Å². The average molecular weight is 427 g/mol. The molecule has 6 nitrogen and oxygen atoms in total. The van der Waals surface area contributed by atoms with Crippen molar-refractivity contribution < 1.29 is 13.9 Å². The molecule has 4 rings (SSSR count). The first-order valence-corrected chi connectivity index (χ1v) is 11.2. The Hall–Kier alpha value is -2.54. The molecule has 0 aliphatic carbocycles. The van der Waals surface area contributed by atoms with E-state index in [0.717, 1.165) is 68.6 Å². The van der Waals surface area contributed by atoms with Gasteiger partial charge in [0, 0.05) is 57.9 Å². The van der Waals surface area contributed by atoms with E-state index in [9.17, 15) is 9.18 Å². The van der Waals surface area contributed by atoms with Gasteiger partial charge in [0.15, 0.2) is 0 Å². The van der Waals surface area contributed by atoms with Gasteiger partial charge in [-0.2, -0.15) is 0 Å². The first kappa shape index (κ1) is 21.7. The van der Waals surface area contributed by atoms with Gasteiger partial charge in [-0.15, -0.1) is 0 Å². The second kappa shape index (κ2) is 9.73. The van der Waals surface area contributed by atoms with E-state index in [4.69, 9.17) is 9.72 Å². The molecular formula is C24H31FN4O2. The fraction of sp³-hybridized carbons (Fsp3) is 0.542. The molecule has 1 aromatic heterocycles. The van der Waals surface area contributed by atoms with Crippen molar-refractivity contribution >= 4 is 11.9 Å². The van der Waals surface area contributed by atoms with Gasteiger partial charge in [0.1, 0.15) is 5.82 Å². The van der Waals surface area contributed by atoms with Crippen LogP contribution < -0.4 is 4.90 Å². The molecule has 0 spiro atoms.